The van der Waals surface area contributed by atoms with Crippen LogP contribution >= 0.6 is 0 Å². The molecule has 1 aliphatic heterocycles. The van der Waals surface area contributed by atoms with Gasteiger partial charge >= 0.3 is 0 Å². The Bertz CT molecular complexity index is 1010. The normalized spacial score (nSPS) is 15.2. The maximum atomic E-state index is 11.5. The average Bonchev–Trinajstić information content (AvgIpc) is 3.26. The minimum absolute atomic E-state index is 0.000967. The second kappa shape index (κ2) is 7.03. The Kier molecular flexibility index (Phi) is 4.42. The lowest BCUT2D eigenvalue weighted by atomic mass is 9.88. The van der Waals surface area contributed by atoms with Crippen molar-refractivity contribution in [1.82, 2.24) is 10.3 Å². The van der Waals surface area contributed by atoms with Crippen LogP contribution < -0.4 is 10.6 Å². The monoisotopic (exact) mass is 361 g/mol. The van der Waals surface area contributed by atoms with Gasteiger partial charge in [0.2, 0.25) is 11.7 Å². The van der Waals surface area contributed by atoms with Crippen LogP contribution in [-0.2, 0) is 11.2 Å². The van der Waals surface area contributed by atoms with Gasteiger partial charge in [-0.25, -0.2) is 9.62 Å². The van der Waals surface area contributed by atoms with E-state index in [0.717, 1.165) is 29.1 Å². The number of benzene rings is 2. The standard InChI is InChI=1S/C20H19N5O2/c1-12(26)22-20-19(24-27-25-20)18-16(15-5-3-4-6-17(15)23-18)11-13-7-9-14(21-2)10-8-13/h3-10,16,21H,11H2,1-2H3,(H,22,25,26). The molecule has 0 spiro atoms. The number of carbonyl (C=O) groups excluding carboxylic acids is 1. The Labute approximate surface area is 156 Å². The quantitative estimate of drug-likeness (QED) is 0.725. The highest BCUT2D eigenvalue weighted by molar-refractivity contribution is 6.12. The summed E-state index contributed by atoms with van der Waals surface area (Å²) in [5.74, 6) is 0.0629. The maximum Gasteiger partial charge on any atom is 0.222 e. The van der Waals surface area contributed by atoms with Gasteiger partial charge in [0.15, 0.2) is 5.69 Å². The first-order valence-corrected chi connectivity index (χ1v) is 8.70. The van der Waals surface area contributed by atoms with Crippen LogP contribution in [0.5, 0.6) is 0 Å². The fraction of sp³-hybridized carbons (Fsp3) is 0.200. The number of para-hydroxylation sites is 1. The minimum Gasteiger partial charge on any atom is -0.388 e. The van der Waals surface area contributed by atoms with E-state index in [-0.39, 0.29) is 11.8 Å². The van der Waals surface area contributed by atoms with Gasteiger partial charge in [0.25, 0.3) is 0 Å². The zero-order valence-corrected chi connectivity index (χ0v) is 15.1. The molecule has 2 N–H and O–H groups in total. The summed E-state index contributed by atoms with van der Waals surface area (Å²) >= 11 is 0. The molecule has 3 aromatic rings. The van der Waals surface area contributed by atoms with Crippen LogP contribution in [0.1, 0.15) is 29.7 Å². The molecule has 0 bridgehead atoms. The third-order valence-electron chi connectivity index (χ3n) is 4.59. The van der Waals surface area contributed by atoms with E-state index in [2.05, 4.69) is 39.1 Å². The van der Waals surface area contributed by atoms with Gasteiger partial charge in [-0.1, -0.05) is 30.3 Å². The first-order valence-electron chi connectivity index (χ1n) is 8.70. The number of nitrogens with one attached hydrogen (secondary N) is 2. The molecule has 1 atom stereocenters. The summed E-state index contributed by atoms with van der Waals surface area (Å²) in [5, 5.41) is 13.6. The summed E-state index contributed by atoms with van der Waals surface area (Å²) in [6.07, 6.45) is 0.756. The molecule has 0 fully saturated rings. The predicted molar refractivity (Wildman–Crippen MR) is 104 cm³/mol. The van der Waals surface area contributed by atoms with E-state index < -0.39 is 0 Å². The molecule has 2 aromatic carbocycles. The number of fused-ring (bicyclic) bond motifs is 1. The van der Waals surface area contributed by atoms with E-state index >= 15 is 0 Å². The van der Waals surface area contributed by atoms with Gasteiger partial charge in [-0.15, -0.1) is 0 Å². The molecular formula is C20H19N5O2. The van der Waals surface area contributed by atoms with Crippen molar-refractivity contribution in [3.63, 3.8) is 0 Å². The molecule has 1 unspecified atom stereocenters. The van der Waals surface area contributed by atoms with Crippen molar-refractivity contribution < 1.29 is 9.42 Å². The fourth-order valence-corrected chi connectivity index (χ4v) is 3.31. The molecule has 0 saturated carbocycles. The number of aromatic nitrogens is 2. The smallest absolute Gasteiger partial charge is 0.222 e. The van der Waals surface area contributed by atoms with Crippen molar-refractivity contribution in [3.05, 3.63) is 65.4 Å². The Hall–Kier alpha value is -3.48. The predicted octanol–water partition coefficient (Wildman–Crippen LogP) is 3.53. The van der Waals surface area contributed by atoms with Crippen LogP contribution in [-0.4, -0.2) is 29.0 Å². The second-order valence-electron chi connectivity index (χ2n) is 6.40. The zero-order valence-electron chi connectivity index (χ0n) is 15.1. The van der Waals surface area contributed by atoms with Gasteiger partial charge in [-0.05, 0) is 46.1 Å². The van der Waals surface area contributed by atoms with Gasteiger partial charge in [0.1, 0.15) is 0 Å². The molecule has 0 radical (unpaired) electrons. The topological polar surface area (TPSA) is 92.4 Å². The van der Waals surface area contributed by atoms with E-state index in [0.29, 0.717) is 11.5 Å². The van der Waals surface area contributed by atoms with Gasteiger partial charge in [-0.3, -0.25) is 4.79 Å². The number of anilines is 2. The Morgan fingerprint density at radius 3 is 2.63 bits per heavy atom. The minimum atomic E-state index is -0.234. The first-order chi connectivity index (χ1) is 13.2. The van der Waals surface area contributed by atoms with Gasteiger partial charge in [-0.2, -0.15) is 0 Å². The highest BCUT2D eigenvalue weighted by Gasteiger charge is 2.32. The lowest BCUT2D eigenvalue weighted by molar-refractivity contribution is -0.114. The molecule has 136 valence electrons. The maximum absolute atomic E-state index is 11.5. The zero-order chi connectivity index (χ0) is 18.8. The molecule has 27 heavy (non-hydrogen) atoms. The fourth-order valence-electron chi connectivity index (χ4n) is 3.31. The van der Waals surface area contributed by atoms with Crippen LogP contribution in [0, 0.1) is 0 Å². The highest BCUT2D eigenvalue weighted by Crippen LogP contribution is 2.40. The molecular weight excluding hydrogens is 342 g/mol. The molecule has 1 amide bonds. The number of hydrogen-bond donors (Lipinski definition) is 2. The highest BCUT2D eigenvalue weighted by atomic mass is 16.6. The van der Waals surface area contributed by atoms with E-state index in [1.54, 1.807) is 0 Å². The Morgan fingerprint density at radius 2 is 1.89 bits per heavy atom. The van der Waals surface area contributed by atoms with Crippen LogP contribution in [0.3, 0.4) is 0 Å². The molecule has 0 saturated heterocycles. The van der Waals surface area contributed by atoms with E-state index in [4.69, 9.17) is 9.62 Å². The summed E-state index contributed by atoms with van der Waals surface area (Å²) in [6.45, 7) is 1.42. The van der Waals surface area contributed by atoms with Crippen molar-refractivity contribution in [3.8, 4) is 0 Å². The molecule has 0 aliphatic carbocycles. The average molecular weight is 361 g/mol. The Balaban J connectivity index is 1.71. The van der Waals surface area contributed by atoms with Crippen molar-refractivity contribution in [2.75, 3.05) is 17.7 Å². The van der Waals surface area contributed by atoms with E-state index in [1.807, 2.05) is 37.4 Å². The summed E-state index contributed by atoms with van der Waals surface area (Å²) in [4.78, 5) is 16.2. The molecule has 1 aliphatic rings. The number of carbonyl (C=O) groups is 1. The number of rotatable bonds is 5. The van der Waals surface area contributed by atoms with Gasteiger partial charge < -0.3 is 10.6 Å². The Morgan fingerprint density at radius 1 is 1.11 bits per heavy atom. The third kappa shape index (κ3) is 3.31. The number of hydrogen-bond acceptors (Lipinski definition) is 6. The third-order valence-corrected chi connectivity index (χ3v) is 4.59. The number of amides is 1. The van der Waals surface area contributed by atoms with E-state index in [1.165, 1.54) is 12.5 Å². The van der Waals surface area contributed by atoms with Crippen LogP contribution in [0.2, 0.25) is 0 Å². The number of nitrogens with zero attached hydrogens (tertiary/aromatic N) is 3. The molecule has 2 heterocycles. The van der Waals surface area contributed by atoms with E-state index in [9.17, 15) is 4.79 Å². The largest absolute Gasteiger partial charge is 0.388 e. The van der Waals surface area contributed by atoms with Crippen molar-refractivity contribution in [1.29, 1.82) is 0 Å². The lowest BCUT2D eigenvalue weighted by Crippen LogP contribution is -2.17. The number of aliphatic imine (C=N–C) groups is 1. The SMILES string of the molecule is CNc1ccc(CC2C(c3nonc3NC(C)=O)=Nc3ccccc32)cc1. The summed E-state index contributed by atoms with van der Waals surface area (Å²) in [6, 6.07) is 16.3. The van der Waals surface area contributed by atoms with Crippen LogP contribution in [0.25, 0.3) is 0 Å². The van der Waals surface area contributed by atoms with Crippen molar-refractivity contribution >= 4 is 28.8 Å². The molecule has 4 rings (SSSR count). The van der Waals surface area contributed by atoms with Crippen LogP contribution in [0.4, 0.5) is 17.2 Å². The summed E-state index contributed by atoms with van der Waals surface area (Å²) < 4.78 is 4.88. The first kappa shape index (κ1) is 17.0. The van der Waals surface area contributed by atoms with Crippen molar-refractivity contribution in [2.24, 2.45) is 4.99 Å². The van der Waals surface area contributed by atoms with Crippen LogP contribution in [0.15, 0.2) is 58.2 Å². The molecule has 7 heteroatoms. The summed E-state index contributed by atoms with van der Waals surface area (Å²) in [7, 11) is 1.90. The van der Waals surface area contributed by atoms with Gasteiger partial charge in [0, 0.05) is 25.6 Å². The van der Waals surface area contributed by atoms with Crippen molar-refractivity contribution in [2.45, 2.75) is 19.3 Å². The van der Waals surface area contributed by atoms with Gasteiger partial charge in [0.05, 0.1) is 11.4 Å². The molecule has 1 aromatic heterocycles. The summed E-state index contributed by atoms with van der Waals surface area (Å²) in [5.41, 5.74) is 5.49. The molecule has 7 nitrogen and oxygen atoms in total. The second-order valence-corrected chi connectivity index (χ2v) is 6.40. The lowest BCUT2D eigenvalue weighted by Gasteiger charge is -2.14.